The quantitative estimate of drug-likeness (QED) is 0.586. The predicted molar refractivity (Wildman–Crippen MR) is 119 cm³/mol. The molecule has 2 aromatic carbocycles. The van der Waals surface area contributed by atoms with E-state index in [1.807, 2.05) is 12.1 Å². The fourth-order valence-corrected chi connectivity index (χ4v) is 5.87. The smallest absolute Gasteiger partial charge is 0.322 e. The fraction of sp³-hybridized carbons (Fsp3) is 0.381. The number of hydrogen-bond acceptors (Lipinski definition) is 6. The molecule has 1 atom stereocenters. The molecule has 11 heteroatoms. The number of aliphatic carboxylic acids is 1. The van der Waals surface area contributed by atoms with Gasteiger partial charge in [-0.1, -0.05) is 24.3 Å². The first-order chi connectivity index (χ1) is 15.0. The summed E-state index contributed by atoms with van der Waals surface area (Å²) in [5.41, 5.74) is 1.68. The maximum absolute atomic E-state index is 12.8. The number of carboxylic acid groups (broad SMARTS) is 1. The Balaban J connectivity index is 1.73. The topological polar surface area (TPSA) is 130 Å². The zero-order valence-corrected chi connectivity index (χ0v) is 19.4. The molecule has 0 amide bonds. The molecule has 1 unspecified atom stereocenters. The van der Waals surface area contributed by atoms with Gasteiger partial charge >= 0.3 is 5.97 Å². The van der Waals surface area contributed by atoms with Gasteiger partial charge in [-0.2, -0.15) is 4.72 Å². The van der Waals surface area contributed by atoms with Crippen molar-refractivity contribution in [1.29, 1.82) is 0 Å². The van der Waals surface area contributed by atoms with Crippen molar-refractivity contribution in [1.82, 2.24) is 9.03 Å². The summed E-state index contributed by atoms with van der Waals surface area (Å²) in [6.07, 6.45) is 1.60. The van der Waals surface area contributed by atoms with Crippen LogP contribution in [0.25, 0.3) is 11.1 Å². The summed E-state index contributed by atoms with van der Waals surface area (Å²) in [4.78, 5) is 11.8. The lowest BCUT2D eigenvalue weighted by molar-refractivity contribution is -0.140. The van der Waals surface area contributed by atoms with Crippen LogP contribution in [0.2, 0.25) is 0 Å². The van der Waals surface area contributed by atoms with Crippen molar-refractivity contribution < 1.29 is 31.5 Å². The van der Waals surface area contributed by atoms with E-state index in [2.05, 4.69) is 4.72 Å². The lowest BCUT2D eigenvalue weighted by Gasteiger charge is -2.33. The Morgan fingerprint density at radius 2 is 1.50 bits per heavy atom. The van der Waals surface area contributed by atoms with Crippen LogP contribution in [-0.4, -0.2) is 64.7 Å². The number of benzene rings is 2. The van der Waals surface area contributed by atoms with Crippen LogP contribution in [0.5, 0.6) is 5.75 Å². The van der Waals surface area contributed by atoms with Crippen LogP contribution < -0.4 is 9.46 Å². The highest BCUT2D eigenvalue weighted by Crippen LogP contribution is 2.26. The van der Waals surface area contributed by atoms with E-state index in [0.29, 0.717) is 5.75 Å². The molecule has 1 fully saturated rings. The number of nitrogens with one attached hydrogen (secondary N) is 1. The number of carboxylic acids is 1. The average molecular weight is 483 g/mol. The van der Waals surface area contributed by atoms with Gasteiger partial charge in [-0.3, -0.25) is 4.79 Å². The molecule has 174 valence electrons. The summed E-state index contributed by atoms with van der Waals surface area (Å²) in [6.45, 7) is 0.317. The van der Waals surface area contributed by atoms with Crippen LogP contribution in [0, 0.1) is 5.92 Å². The number of piperidine rings is 1. The van der Waals surface area contributed by atoms with Crippen LogP contribution in [0.15, 0.2) is 53.4 Å². The van der Waals surface area contributed by atoms with Gasteiger partial charge in [0.15, 0.2) is 0 Å². The Bertz CT molecular complexity index is 1150. The Morgan fingerprint density at radius 1 is 1.00 bits per heavy atom. The van der Waals surface area contributed by atoms with E-state index in [1.165, 1.54) is 16.4 Å². The van der Waals surface area contributed by atoms with Crippen LogP contribution >= 0.6 is 0 Å². The summed E-state index contributed by atoms with van der Waals surface area (Å²) < 4.78 is 57.7. The van der Waals surface area contributed by atoms with Crippen molar-refractivity contribution in [3.8, 4) is 16.9 Å². The molecule has 1 heterocycles. The summed E-state index contributed by atoms with van der Waals surface area (Å²) in [7, 11) is -5.88. The molecule has 9 nitrogen and oxygen atoms in total. The van der Waals surface area contributed by atoms with Gasteiger partial charge in [0.05, 0.1) is 18.3 Å². The molecule has 1 saturated heterocycles. The summed E-state index contributed by atoms with van der Waals surface area (Å²) in [6, 6.07) is 12.1. The highest BCUT2D eigenvalue weighted by Gasteiger charge is 2.36. The van der Waals surface area contributed by atoms with Crippen molar-refractivity contribution >= 4 is 26.0 Å². The van der Waals surface area contributed by atoms with Gasteiger partial charge in [-0.15, -0.1) is 0 Å². The molecule has 0 saturated carbocycles. The van der Waals surface area contributed by atoms with Gasteiger partial charge in [0.25, 0.3) is 0 Å². The second-order valence-electron chi connectivity index (χ2n) is 7.69. The van der Waals surface area contributed by atoms with Crippen molar-refractivity contribution in [2.45, 2.75) is 23.8 Å². The zero-order valence-electron chi connectivity index (χ0n) is 17.8. The normalized spacial score (nSPS) is 17.1. The van der Waals surface area contributed by atoms with Gasteiger partial charge < -0.3 is 9.84 Å². The van der Waals surface area contributed by atoms with Crippen LogP contribution in [-0.2, 0) is 24.8 Å². The van der Waals surface area contributed by atoms with Gasteiger partial charge in [-0.05, 0) is 54.2 Å². The van der Waals surface area contributed by atoms with Crippen molar-refractivity contribution in [2.75, 3.05) is 26.5 Å². The Hall–Kier alpha value is -2.47. The van der Waals surface area contributed by atoms with Gasteiger partial charge in [0, 0.05) is 13.1 Å². The highest BCUT2D eigenvalue weighted by atomic mass is 32.2. The zero-order chi connectivity index (χ0) is 23.5. The van der Waals surface area contributed by atoms with Crippen LogP contribution in [0.4, 0.5) is 0 Å². The van der Waals surface area contributed by atoms with E-state index >= 15 is 0 Å². The van der Waals surface area contributed by atoms with Crippen LogP contribution in [0.3, 0.4) is 0 Å². The summed E-state index contributed by atoms with van der Waals surface area (Å²) in [5, 5.41) is 9.63. The fourth-order valence-electron chi connectivity index (χ4n) is 3.73. The number of sulfonamides is 2. The van der Waals surface area contributed by atoms with E-state index in [0.717, 1.165) is 17.4 Å². The second-order valence-corrected chi connectivity index (χ2v) is 11.4. The molecule has 32 heavy (non-hydrogen) atoms. The number of rotatable bonds is 8. The predicted octanol–water partition coefficient (Wildman–Crippen LogP) is 1.77. The third kappa shape index (κ3) is 5.66. The SMILES string of the molecule is COc1ccc(-c2ccc(S(=O)(=O)NC(C(=O)O)C3CCN(S(C)(=O)=O)CC3)cc2)cc1. The lowest BCUT2D eigenvalue weighted by Crippen LogP contribution is -2.50. The molecule has 1 aliphatic rings. The van der Waals surface area contributed by atoms with E-state index in [9.17, 15) is 26.7 Å². The Labute approximate surface area is 188 Å². The number of methoxy groups -OCH3 is 1. The highest BCUT2D eigenvalue weighted by molar-refractivity contribution is 7.89. The van der Waals surface area contributed by atoms with Crippen LogP contribution in [0.1, 0.15) is 12.8 Å². The second kappa shape index (κ2) is 9.57. The van der Waals surface area contributed by atoms with Crippen molar-refractivity contribution in [3.63, 3.8) is 0 Å². The minimum Gasteiger partial charge on any atom is -0.497 e. The Kier molecular flexibility index (Phi) is 7.23. The summed E-state index contributed by atoms with van der Waals surface area (Å²) in [5.74, 6) is -1.10. The molecule has 0 spiro atoms. The minimum absolute atomic E-state index is 0.0467. The Morgan fingerprint density at radius 3 is 1.94 bits per heavy atom. The molecule has 0 aliphatic carbocycles. The van der Waals surface area contributed by atoms with E-state index in [-0.39, 0.29) is 30.8 Å². The first-order valence-corrected chi connectivity index (χ1v) is 13.3. The number of ether oxygens (including phenoxy) is 1. The number of nitrogens with zero attached hydrogens (tertiary/aromatic N) is 1. The van der Waals surface area contributed by atoms with Gasteiger partial charge in [0.1, 0.15) is 11.8 Å². The third-order valence-corrected chi connectivity index (χ3v) is 8.34. The number of carbonyl (C=O) groups is 1. The monoisotopic (exact) mass is 482 g/mol. The maximum Gasteiger partial charge on any atom is 0.322 e. The molecule has 0 radical (unpaired) electrons. The first kappa shape index (κ1) is 24.2. The summed E-state index contributed by atoms with van der Waals surface area (Å²) >= 11 is 0. The molecular formula is C21H26N2O7S2. The molecule has 2 aromatic rings. The van der Waals surface area contributed by atoms with Gasteiger partial charge in [0.2, 0.25) is 20.0 Å². The molecule has 0 bridgehead atoms. The van der Waals surface area contributed by atoms with E-state index in [1.54, 1.807) is 31.4 Å². The average Bonchev–Trinajstić information content (AvgIpc) is 2.77. The maximum atomic E-state index is 12.8. The van der Waals surface area contributed by atoms with E-state index in [4.69, 9.17) is 4.74 Å². The standard InChI is InChI=1S/C21H26N2O7S2/c1-30-18-7-3-15(4-8-18)16-5-9-19(10-6-16)32(28,29)22-20(21(24)25)17-11-13-23(14-12-17)31(2,26)27/h3-10,17,20,22H,11-14H2,1-2H3,(H,24,25). The molecular weight excluding hydrogens is 456 g/mol. The molecule has 3 rings (SSSR count). The van der Waals surface area contributed by atoms with E-state index < -0.39 is 38.0 Å². The minimum atomic E-state index is -4.09. The van der Waals surface area contributed by atoms with Crippen molar-refractivity contribution in [3.05, 3.63) is 48.5 Å². The van der Waals surface area contributed by atoms with Gasteiger partial charge in [-0.25, -0.2) is 21.1 Å². The molecule has 1 aliphatic heterocycles. The molecule has 2 N–H and O–H groups in total. The molecule has 0 aromatic heterocycles. The largest absolute Gasteiger partial charge is 0.497 e. The number of hydrogen-bond donors (Lipinski definition) is 2. The first-order valence-electron chi connectivity index (χ1n) is 9.96. The lowest BCUT2D eigenvalue weighted by atomic mass is 9.91. The third-order valence-electron chi connectivity index (χ3n) is 5.58. The van der Waals surface area contributed by atoms with Crippen molar-refractivity contribution in [2.24, 2.45) is 5.92 Å².